The summed E-state index contributed by atoms with van der Waals surface area (Å²) in [6.45, 7) is 6.15. The fraction of sp³-hybridized carbons (Fsp3) is 0.750. The van der Waals surface area contributed by atoms with Crippen LogP contribution in [-0.4, -0.2) is 23.0 Å². The summed E-state index contributed by atoms with van der Waals surface area (Å²) >= 11 is 1.68. The molecule has 1 aliphatic carbocycles. The van der Waals surface area contributed by atoms with Gasteiger partial charge in [-0.1, -0.05) is 13.3 Å². The molecule has 0 bridgehead atoms. The number of aromatic nitrogens is 1. The highest BCUT2D eigenvalue weighted by atomic mass is 32.1. The molecule has 1 saturated carbocycles. The molecule has 0 saturated heterocycles. The normalized spacial score (nSPS) is 16.7. The minimum absolute atomic E-state index is 0.569. The van der Waals surface area contributed by atoms with Gasteiger partial charge in [0.15, 0.2) is 0 Å². The molecule has 2 N–H and O–H groups in total. The molecule has 0 spiro atoms. The van der Waals surface area contributed by atoms with Gasteiger partial charge in [0, 0.05) is 25.0 Å². The Balaban J connectivity index is 1.84. The number of nitrogens with zero attached hydrogens (tertiary/aromatic N) is 2. The fourth-order valence-electron chi connectivity index (χ4n) is 2.09. The van der Waals surface area contributed by atoms with Gasteiger partial charge in [0.1, 0.15) is 5.01 Å². The van der Waals surface area contributed by atoms with Crippen LogP contribution < -0.4 is 5.73 Å². The van der Waals surface area contributed by atoms with Crippen LogP contribution in [0.15, 0.2) is 5.38 Å². The summed E-state index contributed by atoms with van der Waals surface area (Å²) in [5.74, 6) is 0.938. The van der Waals surface area contributed by atoms with Crippen molar-refractivity contribution >= 4 is 11.3 Å². The molecule has 1 heterocycles. The molecule has 1 fully saturated rings. The topological polar surface area (TPSA) is 42.1 Å². The molecule has 0 aromatic carbocycles. The molecule has 0 atom stereocenters. The molecule has 0 unspecified atom stereocenters. The standard InChI is InChI=1S/C12H21N3S/c1-2-15(7-10-4-3-5-10)8-11-9-16-12(6-13)14-11/h9-10H,2-8,13H2,1H3. The van der Waals surface area contributed by atoms with E-state index >= 15 is 0 Å². The second-order valence-corrected chi connectivity index (χ2v) is 5.50. The van der Waals surface area contributed by atoms with Gasteiger partial charge in [-0.15, -0.1) is 11.3 Å². The Morgan fingerprint density at radius 2 is 2.38 bits per heavy atom. The molecule has 0 amide bonds. The van der Waals surface area contributed by atoms with Crippen LogP contribution in [0.3, 0.4) is 0 Å². The number of nitrogens with two attached hydrogens (primary N) is 1. The maximum absolute atomic E-state index is 5.57. The fourth-order valence-corrected chi connectivity index (χ4v) is 2.76. The van der Waals surface area contributed by atoms with Crippen LogP contribution in [0.25, 0.3) is 0 Å². The predicted molar refractivity (Wildman–Crippen MR) is 68.3 cm³/mol. The molecule has 1 aromatic heterocycles. The largest absolute Gasteiger partial charge is 0.325 e. The Kier molecular flexibility index (Phi) is 4.32. The van der Waals surface area contributed by atoms with Crippen molar-refractivity contribution in [1.29, 1.82) is 0 Å². The van der Waals surface area contributed by atoms with Gasteiger partial charge in [-0.3, -0.25) is 4.90 Å². The zero-order valence-corrected chi connectivity index (χ0v) is 10.8. The van der Waals surface area contributed by atoms with Crippen LogP contribution in [-0.2, 0) is 13.1 Å². The third kappa shape index (κ3) is 3.03. The Morgan fingerprint density at radius 3 is 2.88 bits per heavy atom. The lowest BCUT2D eigenvalue weighted by Gasteiger charge is -2.31. The first kappa shape index (κ1) is 12.0. The molecular weight excluding hydrogens is 218 g/mol. The van der Waals surface area contributed by atoms with Crippen molar-refractivity contribution in [3.05, 3.63) is 16.1 Å². The van der Waals surface area contributed by atoms with Crippen molar-refractivity contribution < 1.29 is 0 Å². The van der Waals surface area contributed by atoms with Crippen LogP contribution >= 0.6 is 11.3 Å². The SMILES string of the molecule is CCN(Cc1csc(CN)n1)CC1CCC1. The van der Waals surface area contributed by atoms with Crippen LogP contribution in [0.2, 0.25) is 0 Å². The van der Waals surface area contributed by atoms with Crippen molar-refractivity contribution in [3.63, 3.8) is 0 Å². The monoisotopic (exact) mass is 239 g/mol. The average molecular weight is 239 g/mol. The van der Waals surface area contributed by atoms with Crippen LogP contribution in [0.1, 0.15) is 36.9 Å². The zero-order valence-electron chi connectivity index (χ0n) is 9.98. The molecule has 0 aliphatic heterocycles. The van der Waals surface area contributed by atoms with E-state index in [0.29, 0.717) is 6.54 Å². The van der Waals surface area contributed by atoms with Crippen molar-refractivity contribution in [2.75, 3.05) is 13.1 Å². The van der Waals surface area contributed by atoms with E-state index in [1.807, 2.05) is 0 Å². The molecule has 4 heteroatoms. The Morgan fingerprint density at radius 1 is 1.56 bits per heavy atom. The number of hydrogen-bond acceptors (Lipinski definition) is 4. The lowest BCUT2D eigenvalue weighted by molar-refractivity contribution is 0.177. The van der Waals surface area contributed by atoms with E-state index in [-0.39, 0.29) is 0 Å². The summed E-state index contributed by atoms with van der Waals surface area (Å²) in [5, 5.41) is 3.20. The van der Waals surface area contributed by atoms with E-state index in [9.17, 15) is 0 Å². The maximum atomic E-state index is 5.57. The lowest BCUT2D eigenvalue weighted by atomic mass is 9.85. The molecular formula is C12H21N3S. The zero-order chi connectivity index (χ0) is 11.4. The first-order valence-corrected chi connectivity index (χ1v) is 7.05. The van der Waals surface area contributed by atoms with E-state index in [1.165, 1.54) is 31.5 Å². The second-order valence-electron chi connectivity index (χ2n) is 4.56. The van der Waals surface area contributed by atoms with Gasteiger partial charge in [0.2, 0.25) is 0 Å². The van der Waals surface area contributed by atoms with E-state index in [4.69, 9.17) is 5.73 Å². The first-order valence-electron chi connectivity index (χ1n) is 6.17. The summed E-state index contributed by atoms with van der Waals surface area (Å²) in [5.41, 5.74) is 6.76. The number of thiazole rings is 1. The Hall–Kier alpha value is -0.450. The molecule has 1 aliphatic rings. The van der Waals surface area contributed by atoms with Crippen molar-refractivity contribution in [2.24, 2.45) is 11.7 Å². The minimum atomic E-state index is 0.569. The van der Waals surface area contributed by atoms with Gasteiger partial charge in [-0.2, -0.15) is 0 Å². The van der Waals surface area contributed by atoms with Gasteiger partial charge in [0.05, 0.1) is 5.69 Å². The van der Waals surface area contributed by atoms with Crippen molar-refractivity contribution in [3.8, 4) is 0 Å². The smallest absolute Gasteiger partial charge is 0.106 e. The average Bonchev–Trinajstić information content (AvgIpc) is 2.69. The molecule has 2 rings (SSSR count). The third-order valence-electron chi connectivity index (χ3n) is 3.35. The van der Waals surface area contributed by atoms with E-state index in [1.54, 1.807) is 11.3 Å². The highest BCUT2D eigenvalue weighted by molar-refractivity contribution is 7.09. The van der Waals surface area contributed by atoms with Crippen LogP contribution in [0.4, 0.5) is 0 Å². The number of rotatable bonds is 6. The van der Waals surface area contributed by atoms with Crippen LogP contribution in [0, 0.1) is 5.92 Å². The predicted octanol–water partition coefficient (Wildman–Crippen LogP) is 2.22. The highest BCUT2D eigenvalue weighted by Gasteiger charge is 2.20. The summed E-state index contributed by atoms with van der Waals surface area (Å²) in [6, 6.07) is 0. The summed E-state index contributed by atoms with van der Waals surface area (Å²) in [6.07, 6.45) is 4.26. The van der Waals surface area contributed by atoms with Gasteiger partial charge < -0.3 is 5.73 Å². The quantitative estimate of drug-likeness (QED) is 0.827. The summed E-state index contributed by atoms with van der Waals surface area (Å²) in [4.78, 5) is 7.02. The Bertz CT molecular complexity index is 320. The molecule has 1 aromatic rings. The van der Waals surface area contributed by atoms with Crippen LogP contribution in [0.5, 0.6) is 0 Å². The summed E-state index contributed by atoms with van der Waals surface area (Å²) < 4.78 is 0. The van der Waals surface area contributed by atoms with Gasteiger partial charge in [0.25, 0.3) is 0 Å². The third-order valence-corrected chi connectivity index (χ3v) is 4.27. The summed E-state index contributed by atoms with van der Waals surface area (Å²) in [7, 11) is 0. The maximum Gasteiger partial charge on any atom is 0.106 e. The molecule has 3 nitrogen and oxygen atoms in total. The first-order chi connectivity index (χ1) is 7.81. The van der Waals surface area contributed by atoms with E-state index in [0.717, 1.165) is 24.0 Å². The molecule has 0 radical (unpaired) electrons. The number of hydrogen-bond donors (Lipinski definition) is 1. The minimum Gasteiger partial charge on any atom is -0.325 e. The molecule has 90 valence electrons. The van der Waals surface area contributed by atoms with Gasteiger partial charge >= 0.3 is 0 Å². The molecule has 16 heavy (non-hydrogen) atoms. The van der Waals surface area contributed by atoms with E-state index < -0.39 is 0 Å². The lowest BCUT2D eigenvalue weighted by Crippen LogP contribution is -2.32. The van der Waals surface area contributed by atoms with Crippen molar-refractivity contribution in [1.82, 2.24) is 9.88 Å². The van der Waals surface area contributed by atoms with E-state index in [2.05, 4.69) is 22.2 Å². The van der Waals surface area contributed by atoms with Gasteiger partial charge in [-0.25, -0.2) is 4.98 Å². The highest BCUT2D eigenvalue weighted by Crippen LogP contribution is 2.27. The van der Waals surface area contributed by atoms with Gasteiger partial charge in [-0.05, 0) is 25.3 Å². The second kappa shape index (κ2) is 5.75. The van der Waals surface area contributed by atoms with Crippen molar-refractivity contribution in [2.45, 2.75) is 39.3 Å². The Labute approximate surface area is 102 Å².